The first-order chi connectivity index (χ1) is 9.10. The zero-order valence-corrected chi connectivity index (χ0v) is 11.6. The minimum Gasteiger partial charge on any atom is -0.376 e. The topological polar surface area (TPSA) is 48.7 Å². The molecule has 0 saturated carbocycles. The SMILES string of the molecule is Cc1cnc(Cl)c(NC(C)c2cccc(C#N)c2)c1. The maximum atomic E-state index is 8.91. The number of hydrogen-bond donors (Lipinski definition) is 1. The summed E-state index contributed by atoms with van der Waals surface area (Å²) in [4.78, 5) is 4.11. The van der Waals surface area contributed by atoms with Crippen LogP contribution in [0, 0.1) is 18.3 Å². The van der Waals surface area contributed by atoms with Gasteiger partial charge in [-0.1, -0.05) is 23.7 Å². The van der Waals surface area contributed by atoms with Gasteiger partial charge < -0.3 is 5.32 Å². The van der Waals surface area contributed by atoms with E-state index in [1.807, 2.05) is 38.1 Å². The van der Waals surface area contributed by atoms with Crippen molar-refractivity contribution in [2.24, 2.45) is 0 Å². The zero-order chi connectivity index (χ0) is 13.8. The molecule has 0 amide bonds. The maximum absolute atomic E-state index is 8.91. The Morgan fingerprint density at radius 1 is 1.37 bits per heavy atom. The molecule has 1 aromatic carbocycles. The third-order valence-electron chi connectivity index (χ3n) is 2.86. The van der Waals surface area contributed by atoms with Crippen LogP contribution < -0.4 is 5.32 Å². The van der Waals surface area contributed by atoms with Gasteiger partial charge in [-0.2, -0.15) is 5.26 Å². The number of nitriles is 1. The molecular weight excluding hydrogens is 258 g/mol. The first-order valence-corrected chi connectivity index (χ1v) is 6.36. The van der Waals surface area contributed by atoms with Crippen molar-refractivity contribution in [3.8, 4) is 6.07 Å². The van der Waals surface area contributed by atoms with Crippen LogP contribution in [0.25, 0.3) is 0 Å². The van der Waals surface area contributed by atoms with E-state index in [0.29, 0.717) is 10.7 Å². The van der Waals surface area contributed by atoms with Gasteiger partial charge in [0, 0.05) is 12.2 Å². The predicted octanol–water partition coefficient (Wildman–Crippen LogP) is 4.09. The maximum Gasteiger partial charge on any atom is 0.152 e. The van der Waals surface area contributed by atoms with E-state index in [9.17, 15) is 0 Å². The first kappa shape index (κ1) is 13.4. The number of nitrogens with one attached hydrogen (secondary N) is 1. The summed E-state index contributed by atoms with van der Waals surface area (Å²) in [7, 11) is 0. The Balaban J connectivity index is 2.23. The second-order valence-electron chi connectivity index (χ2n) is 4.45. The van der Waals surface area contributed by atoms with Gasteiger partial charge in [-0.05, 0) is 43.2 Å². The number of halogens is 1. The number of benzene rings is 1. The van der Waals surface area contributed by atoms with Gasteiger partial charge in [-0.25, -0.2) is 4.98 Å². The Hall–Kier alpha value is -2.05. The monoisotopic (exact) mass is 271 g/mol. The Bertz CT molecular complexity index is 632. The van der Waals surface area contributed by atoms with Gasteiger partial charge in [0.05, 0.1) is 17.3 Å². The molecule has 0 radical (unpaired) electrons. The van der Waals surface area contributed by atoms with Crippen LogP contribution in [-0.2, 0) is 0 Å². The molecule has 96 valence electrons. The van der Waals surface area contributed by atoms with Crippen molar-refractivity contribution in [1.82, 2.24) is 4.98 Å². The summed E-state index contributed by atoms with van der Waals surface area (Å²) < 4.78 is 0. The standard InChI is InChI=1S/C15H14ClN3/c1-10-6-14(15(16)18-9-10)19-11(2)13-5-3-4-12(7-13)8-17/h3-7,9,11,19H,1-2H3. The van der Waals surface area contributed by atoms with E-state index in [1.165, 1.54) is 0 Å². The van der Waals surface area contributed by atoms with E-state index in [1.54, 1.807) is 12.3 Å². The van der Waals surface area contributed by atoms with Gasteiger partial charge in [0.1, 0.15) is 0 Å². The summed E-state index contributed by atoms with van der Waals surface area (Å²) in [5.41, 5.74) is 3.54. The molecule has 2 rings (SSSR count). The molecule has 1 aromatic heterocycles. The van der Waals surface area contributed by atoms with Crippen LogP contribution in [0.15, 0.2) is 36.5 Å². The summed E-state index contributed by atoms with van der Waals surface area (Å²) in [6.07, 6.45) is 1.73. The van der Waals surface area contributed by atoms with Crippen molar-refractivity contribution in [3.05, 3.63) is 58.4 Å². The fourth-order valence-corrected chi connectivity index (χ4v) is 2.01. The van der Waals surface area contributed by atoms with Crippen molar-refractivity contribution in [2.45, 2.75) is 19.9 Å². The summed E-state index contributed by atoms with van der Waals surface area (Å²) in [5, 5.41) is 12.7. The normalized spacial score (nSPS) is 11.7. The van der Waals surface area contributed by atoms with Crippen molar-refractivity contribution < 1.29 is 0 Å². The Labute approximate surface area is 117 Å². The van der Waals surface area contributed by atoms with E-state index in [-0.39, 0.29) is 6.04 Å². The number of pyridine rings is 1. The van der Waals surface area contributed by atoms with Gasteiger partial charge in [0.15, 0.2) is 5.15 Å². The molecule has 0 aliphatic heterocycles. The second kappa shape index (κ2) is 5.73. The Kier molecular flexibility index (Phi) is 4.03. The highest BCUT2D eigenvalue weighted by Crippen LogP contribution is 2.25. The summed E-state index contributed by atoms with van der Waals surface area (Å²) in [6.45, 7) is 3.99. The summed E-state index contributed by atoms with van der Waals surface area (Å²) in [6, 6.07) is 11.7. The Morgan fingerprint density at radius 3 is 2.89 bits per heavy atom. The molecule has 1 unspecified atom stereocenters. The lowest BCUT2D eigenvalue weighted by Gasteiger charge is -2.17. The zero-order valence-electron chi connectivity index (χ0n) is 10.8. The van der Waals surface area contributed by atoms with E-state index in [4.69, 9.17) is 16.9 Å². The lowest BCUT2D eigenvalue weighted by Crippen LogP contribution is -2.07. The molecule has 3 nitrogen and oxygen atoms in total. The minimum absolute atomic E-state index is 0.0504. The lowest BCUT2D eigenvalue weighted by molar-refractivity contribution is 0.881. The minimum atomic E-state index is 0.0504. The van der Waals surface area contributed by atoms with Crippen LogP contribution in [0.4, 0.5) is 5.69 Å². The van der Waals surface area contributed by atoms with E-state index < -0.39 is 0 Å². The van der Waals surface area contributed by atoms with Crippen LogP contribution in [0.3, 0.4) is 0 Å². The van der Waals surface area contributed by atoms with E-state index >= 15 is 0 Å². The molecule has 0 spiro atoms. The number of aromatic nitrogens is 1. The average molecular weight is 272 g/mol. The number of hydrogen-bond acceptors (Lipinski definition) is 3. The molecule has 0 aliphatic carbocycles. The van der Waals surface area contributed by atoms with Gasteiger partial charge >= 0.3 is 0 Å². The lowest BCUT2D eigenvalue weighted by atomic mass is 10.1. The molecule has 0 bridgehead atoms. The van der Waals surface area contributed by atoms with E-state index in [0.717, 1.165) is 16.8 Å². The van der Waals surface area contributed by atoms with Crippen LogP contribution in [0.5, 0.6) is 0 Å². The largest absolute Gasteiger partial charge is 0.376 e. The average Bonchev–Trinajstić information content (AvgIpc) is 2.43. The number of nitrogens with zero attached hydrogens (tertiary/aromatic N) is 2. The summed E-state index contributed by atoms with van der Waals surface area (Å²) >= 11 is 6.06. The molecular formula is C15H14ClN3. The second-order valence-corrected chi connectivity index (χ2v) is 4.81. The third kappa shape index (κ3) is 3.24. The van der Waals surface area contributed by atoms with Gasteiger partial charge in [0.2, 0.25) is 0 Å². The number of rotatable bonds is 3. The van der Waals surface area contributed by atoms with Crippen molar-refractivity contribution in [1.29, 1.82) is 5.26 Å². The highest BCUT2D eigenvalue weighted by molar-refractivity contribution is 6.31. The smallest absolute Gasteiger partial charge is 0.152 e. The quantitative estimate of drug-likeness (QED) is 0.856. The van der Waals surface area contributed by atoms with Crippen LogP contribution in [0.2, 0.25) is 5.15 Å². The Morgan fingerprint density at radius 2 is 2.16 bits per heavy atom. The van der Waals surface area contributed by atoms with Crippen LogP contribution in [0.1, 0.15) is 29.7 Å². The van der Waals surface area contributed by atoms with E-state index in [2.05, 4.69) is 16.4 Å². The highest BCUT2D eigenvalue weighted by Gasteiger charge is 2.09. The van der Waals surface area contributed by atoms with Crippen LogP contribution in [-0.4, -0.2) is 4.98 Å². The number of aryl methyl sites for hydroxylation is 1. The fraction of sp³-hybridized carbons (Fsp3) is 0.200. The van der Waals surface area contributed by atoms with Gasteiger partial charge in [-0.3, -0.25) is 0 Å². The molecule has 4 heteroatoms. The van der Waals surface area contributed by atoms with Crippen LogP contribution >= 0.6 is 11.6 Å². The van der Waals surface area contributed by atoms with Crippen molar-refractivity contribution >= 4 is 17.3 Å². The number of anilines is 1. The predicted molar refractivity (Wildman–Crippen MR) is 77.2 cm³/mol. The highest BCUT2D eigenvalue weighted by atomic mass is 35.5. The first-order valence-electron chi connectivity index (χ1n) is 5.99. The summed E-state index contributed by atoms with van der Waals surface area (Å²) in [5.74, 6) is 0. The van der Waals surface area contributed by atoms with Crippen molar-refractivity contribution in [3.63, 3.8) is 0 Å². The molecule has 19 heavy (non-hydrogen) atoms. The third-order valence-corrected chi connectivity index (χ3v) is 3.16. The molecule has 1 N–H and O–H groups in total. The molecule has 1 atom stereocenters. The molecule has 0 saturated heterocycles. The molecule has 2 aromatic rings. The van der Waals surface area contributed by atoms with Gasteiger partial charge in [0.25, 0.3) is 0 Å². The molecule has 1 heterocycles. The van der Waals surface area contributed by atoms with Gasteiger partial charge in [-0.15, -0.1) is 0 Å². The molecule has 0 aliphatic rings. The fourth-order valence-electron chi connectivity index (χ4n) is 1.85. The van der Waals surface area contributed by atoms with Crippen molar-refractivity contribution in [2.75, 3.05) is 5.32 Å². The molecule has 0 fully saturated rings.